The summed E-state index contributed by atoms with van der Waals surface area (Å²) in [5.74, 6) is -3.51. The monoisotopic (exact) mass is 508 g/mol. The number of amides is 2. The van der Waals surface area contributed by atoms with Gasteiger partial charge in [-0.15, -0.1) is 0 Å². The van der Waals surface area contributed by atoms with Gasteiger partial charge in [0.05, 0.1) is 28.8 Å². The van der Waals surface area contributed by atoms with E-state index >= 15 is 0 Å². The van der Waals surface area contributed by atoms with E-state index in [0.29, 0.717) is 28.5 Å². The molecule has 10 heteroatoms. The second-order valence-electron chi connectivity index (χ2n) is 7.57. The van der Waals surface area contributed by atoms with E-state index in [1.807, 2.05) is 6.07 Å². The minimum atomic E-state index is -1.24. The molecule has 2 aromatic carbocycles. The number of carbonyl (C=O) groups excluding carboxylic acids is 3. The summed E-state index contributed by atoms with van der Waals surface area (Å²) in [4.78, 5) is 39.0. The zero-order valence-electron chi connectivity index (χ0n) is 18.3. The lowest BCUT2D eigenvalue weighted by atomic mass is 10.1. The van der Waals surface area contributed by atoms with Crippen LogP contribution >= 0.6 is 23.2 Å². The van der Waals surface area contributed by atoms with Crippen LogP contribution in [0.2, 0.25) is 10.0 Å². The van der Waals surface area contributed by atoms with Crippen LogP contribution in [0, 0.1) is 5.82 Å². The number of ether oxygens (including phenoxy) is 1. The van der Waals surface area contributed by atoms with Gasteiger partial charge < -0.3 is 20.1 Å². The third kappa shape index (κ3) is 5.87. The van der Waals surface area contributed by atoms with E-state index in [1.54, 1.807) is 19.1 Å². The number of hydrogen-bond donors (Lipinski definition) is 2. The van der Waals surface area contributed by atoms with Gasteiger partial charge in [-0.05, 0) is 55.2 Å². The molecule has 0 aromatic heterocycles. The minimum Gasteiger partial charge on any atom is -0.503 e. The molecule has 0 bridgehead atoms. The number of nitrogens with one attached hydrogen (secondary N) is 1. The first-order valence-electron chi connectivity index (χ1n) is 10.6. The van der Waals surface area contributed by atoms with Crippen molar-refractivity contribution in [3.63, 3.8) is 0 Å². The van der Waals surface area contributed by atoms with Gasteiger partial charge in [-0.25, -0.2) is 9.18 Å². The smallest absolute Gasteiger partial charge is 0.333 e. The van der Waals surface area contributed by atoms with E-state index in [-0.39, 0.29) is 25.3 Å². The lowest BCUT2D eigenvalue weighted by molar-refractivity contribution is -0.153. The minimum absolute atomic E-state index is 0.0597. The molecule has 0 fully saturated rings. The summed E-state index contributed by atoms with van der Waals surface area (Å²) in [7, 11) is 0. The van der Waals surface area contributed by atoms with Crippen LogP contribution in [0.5, 0.6) is 0 Å². The highest BCUT2D eigenvalue weighted by Crippen LogP contribution is 2.30. The fourth-order valence-electron chi connectivity index (χ4n) is 3.58. The SMILES string of the molecule is CCOC(=O)C(c1ccc(F)cc1)N1CC(C(=O)NCCCc2ccc(Cl)c(Cl)c2)=C(O)C1=O. The summed E-state index contributed by atoms with van der Waals surface area (Å²) in [5, 5.41) is 13.9. The average molecular weight is 509 g/mol. The first-order chi connectivity index (χ1) is 16.2. The molecule has 3 rings (SSSR count). The zero-order valence-corrected chi connectivity index (χ0v) is 19.8. The van der Waals surface area contributed by atoms with Crippen LogP contribution in [0.4, 0.5) is 4.39 Å². The van der Waals surface area contributed by atoms with Crippen molar-refractivity contribution in [3.05, 3.63) is 80.8 Å². The number of halogens is 3. The molecule has 1 aliphatic heterocycles. The summed E-state index contributed by atoms with van der Waals surface area (Å²) in [5.41, 5.74) is 1.09. The normalized spacial score (nSPS) is 14.4. The summed E-state index contributed by atoms with van der Waals surface area (Å²) >= 11 is 11.9. The summed E-state index contributed by atoms with van der Waals surface area (Å²) in [6.07, 6.45) is 1.21. The Bertz CT molecular complexity index is 1120. The number of aliphatic hydroxyl groups excluding tert-OH is 1. The van der Waals surface area contributed by atoms with Crippen LogP contribution in [0.3, 0.4) is 0 Å². The molecule has 2 amide bonds. The summed E-state index contributed by atoms with van der Waals surface area (Å²) < 4.78 is 18.4. The van der Waals surface area contributed by atoms with Gasteiger partial charge >= 0.3 is 5.97 Å². The molecule has 0 saturated heterocycles. The van der Waals surface area contributed by atoms with Crippen molar-refractivity contribution >= 4 is 41.0 Å². The highest BCUT2D eigenvalue weighted by Gasteiger charge is 2.42. The van der Waals surface area contributed by atoms with Gasteiger partial charge in [0.25, 0.3) is 11.8 Å². The second-order valence-corrected chi connectivity index (χ2v) is 8.39. The molecule has 0 aliphatic carbocycles. The van der Waals surface area contributed by atoms with Crippen LogP contribution in [0.15, 0.2) is 53.8 Å². The molecule has 1 atom stereocenters. The van der Waals surface area contributed by atoms with Gasteiger partial charge in [-0.2, -0.15) is 0 Å². The first-order valence-corrected chi connectivity index (χ1v) is 11.4. The number of aliphatic hydroxyl groups is 1. The number of rotatable bonds is 9. The van der Waals surface area contributed by atoms with E-state index in [1.165, 1.54) is 12.1 Å². The van der Waals surface area contributed by atoms with Crippen molar-refractivity contribution in [2.75, 3.05) is 19.7 Å². The number of hydrogen-bond acceptors (Lipinski definition) is 5. The van der Waals surface area contributed by atoms with Crippen LogP contribution in [-0.4, -0.2) is 47.5 Å². The van der Waals surface area contributed by atoms with E-state index in [9.17, 15) is 23.9 Å². The van der Waals surface area contributed by atoms with E-state index in [2.05, 4.69) is 5.32 Å². The first kappa shape index (κ1) is 25.5. The van der Waals surface area contributed by atoms with Crippen molar-refractivity contribution in [1.29, 1.82) is 0 Å². The lowest BCUT2D eigenvalue weighted by Crippen LogP contribution is -2.38. The maximum Gasteiger partial charge on any atom is 0.333 e. The fourth-order valence-corrected chi connectivity index (χ4v) is 3.90. The molecule has 0 saturated carbocycles. The number of esters is 1. The number of carbonyl (C=O) groups is 3. The van der Waals surface area contributed by atoms with Gasteiger partial charge in [0, 0.05) is 6.54 Å². The lowest BCUT2D eigenvalue weighted by Gasteiger charge is -2.26. The molecule has 1 aliphatic rings. The molecule has 0 spiro atoms. The predicted molar refractivity (Wildman–Crippen MR) is 125 cm³/mol. The zero-order chi connectivity index (χ0) is 24.8. The van der Waals surface area contributed by atoms with Gasteiger partial charge in [0.15, 0.2) is 11.8 Å². The van der Waals surface area contributed by atoms with E-state index in [0.717, 1.165) is 22.6 Å². The van der Waals surface area contributed by atoms with Crippen molar-refractivity contribution in [3.8, 4) is 0 Å². The number of benzene rings is 2. The molecule has 0 radical (unpaired) electrons. The van der Waals surface area contributed by atoms with Crippen molar-refractivity contribution in [1.82, 2.24) is 10.2 Å². The molecule has 2 aromatic rings. The average Bonchev–Trinajstić information content (AvgIpc) is 3.10. The molecule has 2 N–H and O–H groups in total. The van der Waals surface area contributed by atoms with Crippen molar-refractivity contribution < 1.29 is 28.6 Å². The molecular weight excluding hydrogens is 486 g/mol. The van der Waals surface area contributed by atoms with Gasteiger partial charge in [-0.1, -0.05) is 41.4 Å². The van der Waals surface area contributed by atoms with Gasteiger partial charge in [-0.3, -0.25) is 9.59 Å². The Hall–Kier alpha value is -3.10. The number of nitrogens with zero attached hydrogens (tertiary/aromatic N) is 1. The van der Waals surface area contributed by atoms with Crippen LogP contribution < -0.4 is 5.32 Å². The summed E-state index contributed by atoms with van der Waals surface area (Å²) in [6.45, 7) is 1.65. The fraction of sp³-hybridized carbons (Fsp3) is 0.292. The Balaban J connectivity index is 1.65. The highest BCUT2D eigenvalue weighted by molar-refractivity contribution is 6.42. The van der Waals surface area contributed by atoms with Gasteiger partial charge in [0.1, 0.15) is 5.82 Å². The number of aryl methyl sites for hydroxylation is 1. The Morgan fingerprint density at radius 1 is 1.18 bits per heavy atom. The third-order valence-electron chi connectivity index (χ3n) is 5.27. The second kappa shape index (κ2) is 11.4. The maximum absolute atomic E-state index is 13.4. The Kier molecular flexibility index (Phi) is 8.52. The quantitative estimate of drug-likeness (QED) is 0.392. The molecule has 1 heterocycles. The Morgan fingerprint density at radius 3 is 2.53 bits per heavy atom. The van der Waals surface area contributed by atoms with E-state index in [4.69, 9.17) is 27.9 Å². The standard InChI is InChI=1S/C24H23Cl2FN2O5/c1-2-34-24(33)20(15-6-8-16(27)9-7-15)29-13-17(21(30)23(29)32)22(31)28-11-3-4-14-5-10-18(25)19(26)12-14/h5-10,12,20,30H,2-4,11,13H2,1H3,(H,28,31). The molecule has 1 unspecified atom stereocenters. The van der Waals surface area contributed by atoms with Crippen LogP contribution in [0.25, 0.3) is 0 Å². The Labute approximate surface area is 206 Å². The van der Waals surface area contributed by atoms with Crippen molar-refractivity contribution in [2.45, 2.75) is 25.8 Å². The molecule has 7 nitrogen and oxygen atoms in total. The molecule has 34 heavy (non-hydrogen) atoms. The summed E-state index contributed by atoms with van der Waals surface area (Å²) in [6, 6.07) is 9.04. The van der Waals surface area contributed by atoms with Gasteiger partial charge in [0.2, 0.25) is 0 Å². The van der Waals surface area contributed by atoms with Crippen LogP contribution in [0.1, 0.15) is 30.5 Å². The third-order valence-corrected chi connectivity index (χ3v) is 6.01. The topological polar surface area (TPSA) is 95.9 Å². The maximum atomic E-state index is 13.4. The predicted octanol–water partition coefficient (Wildman–Crippen LogP) is 4.14. The van der Waals surface area contributed by atoms with Crippen LogP contribution in [-0.2, 0) is 25.5 Å². The van der Waals surface area contributed by atoms with Crippen molar-refractivity contribution in [2.24, 2.45) is 0 Å². The molecule has 180 valence electrons. The molecular formula is C24H23Cl2FN2O5. The van der Waals surface area contributed by atoms with E-state index < -0.39 is 35.4 Å². The largest absolute Gasteiger partial charge is 0.503 e. The highest BCUT2D eigenvalue weighted by atomic mass is 35.5. The Morgan fingerprint density at radius 2 is 1.88 bits per heavy atom.